The van der Waals surface area contributed by atoms with Gasteiger partial charge in [0.15, 0.2) is 0 Å². The highest BCUT2D eigenvalue weighted by molar-refractivity contribution is 5.11. The normalized spacial score (nSPS) is 22.4. The summed E-state index contributed by atoms with van der Waals surface area (Å²) in [4.78, 5) is 0. The topological polar surface area (TPSA) is 18.5 Å². The van der Waals surface area contributed by atoms with Crippen molar-refractivity contribution in [2.45, 2.75) is 38.9 Å². The first-order chi connectivity index (χ1) is 6.43. The standard InChI is InChI=1S/C11H16O2/c1-2-3-4-6-9-12-11-8-5-7-10-13-11/h3-4,11H,2,5,7-8,10H2,1H3/b4-3+. The average Bonchev–Trinajstić information content (AvgIpc) is 2.19. The first kappa shape index (κ1) is 10.1. The Hall–Kier alpha value is -0.940. The fourth-order valence-corrected chi connectivity index (χ4v) is 1.11. The Kier molecular flexibility index (Phi) is 5.12. The molecule has 13 heavy (non-hydrogen) atoms. The lowest BCUT2D eigenvalue weighted by Crippen LogP contribution is -2.20. The van der Waals surface area contributed by atoms with E-state index in [1.807, 2.05) is 12.2 Å². The molecule has 1 heterocycles. The highest BCUT2D eigenvalue weighted by Gasteiger charge is 2.12. The Morgan fingerprint density at radius 3 is 3.15 bits per heavy atom. The highest BCUT2D eigenvalue weighted by atomic mass is 16.7. The molecule has 0 aromatic rings. The number of hydrogen-bond acceptors (Lipinski definition) is 2. The van der Waals surface area contributed by atoms with Crippen molar-refractivity contribution in [1.29, 1.82) is 0 Å². The molecule has 1 fully saturated rings. The van der Waals surface area contributed by atoms with Gasteiger partial charge in [0.1, 0.15) is 6.11 Å². The lowest BCUT2D eigenvalue weighted by Gasteiger charge is -2.19. The smallest absolute Gasteiger partial charge is 0.210 e. The molecule has 0 radical (unpaired) electrons. The summed E-state index contributed by atoms with van der Waals surface area (Å²) >= 11 is 0. The summed E-state index contributed by atoms with van der Waals surface area (Å²) in [6.45, 7) is 2.88. The fraction of sp³-hybridized carbons (Fsp3) is 0.636. The van der Waals surface area contributed by atoms with Crippen LogP contribution in [0.25, 0.3) is 0 Å². The van der Waals surface area contributed by atoms with E-state index in [4.69, 9.17) is 9.47 Å². The van der Waals surface area contributed by atoms with E-state index in [1.165, 1.54) is 6.42 Å². The summed E-state index contributed by atoms with van der Waals surface area (Å²) in [5.74, 6) is 2.80. The summed E-state index contributed by atoms with van der Waals surface area (Å²) < 4.78 is 10.5. The zero-order chi connectivity index (χ0) is 9.36. The molecule has 0 aromatic carbocycles. The predicted octanol–water partition coefficient (Wildman–Crippen LogP) is 2.46. The molecule has 0 aromatic heterocycles. The van der Waals surface area contributed by atoms with Gasteiger partial charge >= 0.3 is 0 Å². The molecule has 0 aliphatic carbocycles. The van der Waals surface area contributed by atoms with Crippen LogP contribution in [0, 0.1) is 12.0 Å². The maximum Gasteiger partial charge on any atom is 0.210 e. The van der Waals surface area contributed by atoms with Crippen molar-refractivity contribution in [3.05, 3.63) is 12.2 Å². The minimum absolute atomic E-state index is 0.101. The number of allylic oxidation sites excluding steroid dienone is 2. The fourth-order valence-electron chi connectivity index (χ4n) is 1.11. The van der Waals surface area contributed by atoms with E-state index in [9.17, 15) is 0 Å². The van der Waals surface area contributed by atoms with Crippen molar-refractivity contribution < 1.29 is 9.47 Å². The van der Waals surface area contributed by atoms with E-state index >= 15 is 0 Å². The van der Waals surface area contributed by atoms with Crippen LogP contribution in [0.1, 0.15) is 32.6 Å². The van der Waals surface area contributed by atoms with Crippen molar-refractivity contribution in [2.75, 3.05) is 6.61 Å². The molecule has 72 valence electrons. The van der Waals surface area contributed by atoms with Gasteiger partial charge in [0, 0.05) is 6.42 Å². The van der Waals surface area contributed by atoms with Crippen LogP contribution < -0.4 is 0 Å². The van der Waals surface area contributed by atoms with Gasteiger partial charge in [-0.2, -0.15) is 0 Å². The van der Waals surface area contributed by atoms with Gasteiger partial charge in [-0.05, 0) is 31.3 Å². The summed E-state index contributed by atoms with van der Waals surface area (Å²) in [6.07, 6.45) is 10.6. The van der Waals surface area contributed by atoms with E-state index in [-0.39, 0.29) is 6.29 Å². The van der Waals surface area contributed by atoms with E-state index in [0.29, 0.717) is 0 Å². The third kappa shape index (κ3) is 4.59. The van der Waals surface area contributed by atoms with E-state index in [0.717, 1.165) is 25.9 Å². The molecule has 1 aliphatic heterocycles. The summed E-state index contributed by atoms with van der Waals surface area (Å²) in [5.41, 5.74) is 0. The van der Waals surface area contributed by atoms with Crippen molar-refractivity contribution in [3.8, 4) is 12.0 Å². The maximum atomic E-state index is 5.34. The number of rotatable bonds is 2. The number of ether oxygens (including phenoxy) is 2. The minimum Gasteiger partial charge on any atom is -0.414 e. The summed E-state index contributed by atoms with van der Waals surface area (Å²) in [7, 11) is 0. The molecule has 0 N–H and O–H groups in total. The molecular formula is C11H16O2. The van der Waals surface area contributed by atoms with Crippen LogP contribution in [0.2, 0.25) is 0 Å². The largest absolute Gasteiger partial charge is 0.414 e. The average molecular weight is 180 g/mol. The van der Waals surface area contributed by atoms with Crippen LogP contribution in [-0.2, 0) is 9.47 Å². The van der Waals surface area contributed by atoms with E-state index in [1.54, 1.807) is 0 Å². The predicted molar refractivity (Wildman–Crippen MR) is 51.9 cm³/mol. The summed E-state index contributed by atoms with van der Waals surface area (Å²) in [6, 6.07) is 0. The second-order valence-corrected chi connectivity index (χ2v) is 2.97. The van der Waals surface area contributed by atoms with Gasteiger partial charge in [0.05, 0.1) is 6.61 Å². The monoisotopic (exact) mass is 180 g/mol. The minimum atomic E-state index is -0.101. The molecule has 0 bridgehead atoms. The molecule has 0 saturated carbocycles. The third-order valence-corrected chi connectivity index (χ3v) is 1.82. The van der Waals surface area contributed by atoms with Gasteiger partial charge in [-0.25, -0.2) is 0 Å². The molecule has 0 spiro atoms. The SMILES string of the molecule is CC/C=C/C#COC1CCCCO1. The number of hydrogen-bond donors (Lipinski definition) is 0. The molecule has 2 heteroatoms. The molecule has 0 amide bonds. The first-order valence-electron chi connectivity index (χ1n) is 4.86. The zero-order valence-electron chi connectivity index (χ0n) is 8.08. The van der Waals surface area contributed by atoms with E-state index < -0.39 is 0 Å². The summed E-state index contributed by atoms with van der Waals surface area (Å²) in [5, 5.41) is 0. The van der Waals surface area contributed by atoms with Gasteiger partial charge < -0.3 is 9.47 Å². The van der Waals surface area contributed by atoms with Crippen molar-refractivity contribution in [3.63, 3.8) is 0 Å². The Morgan fingerprint density at radius 1 is 1.54 bits per heavy atom. The van der Waals surface area contributed by atoms with Crippen LogP contribution in [-0.4, -0.2) is 12.9 Å². The Bertz CT molecular complexity index is 204. The van der Waals surface area contributed by atoms with Crippen LogP contribution in [0.5, 0.6) is 0 Å². The van der Waals surface area contributed by atoms with Gasteiger partial charge in [0.2, 0.25) is 6.29 Å². The van der Waals surface area contributed by atoms with Gasteiger partial charge in [-0.15, -0.1) is 0 Å². The molecular weight excluding hydrogens is 164 g/mol. The van der Waals surface area contributed by atoms with Crippen molar-refractivity contribution in [1.82, 2.24) is 0 Å². The lowest BCUT2D eigenvalue weighted by atomic mass is 10.2. The molecule has 1 saturated heterocycles. The molecule has 2 nitrogen and oxygen atoms in total. The molecule has 1 atom stereocenters. The first-order valence-corrected chi connectivity index (χ1v) is 4.86. The van der Waals surface area contributed by atoms with Gasteiger partial charge in [0.25, 0.3) is 0 Å². The third-order valence-electron chi connectivity index (χ3n) is 1.82. The van der Waals surface area contributed by atoms with Crippen molar-refractivity contribution >= 4 is 0 Å². The van der Waals surface area contributed by atoms with Crippen LogP contribution >= 0.6 is 0 Å². The van der Waals surface area contributed by atoms with Crippen molar-refractivity contribution in [2.24, 2.45) is 0 Å². The van der Waals surface area contributed by atoms with Crippen LogP contribution in [0.3, 0.4) is 0 Å². The second kappa shape index (κ2) is 6.56. The quantitative estimate of drug-likeness (QED) is 0.608. The Labute approximate surface area is 79.9 Å². The zero-order valence-corrected chi connectivity index (χ0v) is 8.08. The molecule has 1 unspecified atom stereocenters. The molecule has 1 aliphatic rings. The van der Waals surface area contributed by atoms with Gasteiger partial charge in [-0.1, -0.05) is 13.0 Å². The second-order valence-electron chi connectivity index (χ2n) is 2.97. The Morgan fingerprint density at radius 2 is 2.46 bits per heavy atom. The van der Waals surface area contributed by atoms with Gasteiger partial charge in [-0.3, -0.25) is 0 Å². The molecule has 1 rings (SSSR count). The van der Waals surface area contributed by atoms with Crippen LogP contribution in [0.4, 0.5) is 0 Å². The highest BCUT2D eigenvalue weighted by Crippen LogP contribution is 2.12. The lowest BCUT2D eigenvalue weighted by molar-refractivity contribution is -0.121. The van der Waals surface area contributed by atoms with E-state index in [2.05, 4.69) is 19.0 Å². The Balaban J connectivity index is 2.15. The maximum absolute atomic E-state index is 5.34. The van der Waals surface area contributed by atoms with Crippen LogP contribution in [0.15, 0.2) is 12.2 Å².